The third-order valence-electron chi connectivity index (χ3n) is 1.37. The second-order valence-electron chi connectivity index (χ2n) is 3.90. The minimum Gasteiger partial charge on any atom is -0.234 e. The quantitative estimate of drug-likeness (QED) is 0.707. The molecule has 0 N–H and O–H groups in total. The predicted octanol–water partition coefficient (Wildman–Crippen LogP) is 4.30. The van der Waals surface area contributed by atoms with Crippen LogP contribution in [0, 0.1) is 13.8 Å². The van der Waals surface area contributed by atoms with Crippen molar-refractivity contribution >= 4 is 32.9 Å². The van der Waals surface area contributed by atoms with Crippen LogP contribution in [0.1, 0.15) is 31.3 Å². The highest BCUT2D eigenvalue weighted by atomic mass is 33.1. The van der Waals surface area contributed by atoms with Crippen molar-refractivity contribution in [2.45, 2.75) is 43.7 Å². The topological polar surface area (TPSA) is 12.9 Å². The van der Waals surface area contributed by atoms with Crippen LogP contribution in [0.15, 0.2) is 4.34 Å². The van der Waals surface area contributed by atoms with E-state index >= 15 is 0 Å². The first-order valence-corrected chi connectivity index (χ1v) is 7.15. The molecule has 1 aromatic rings. The van der Waals surface area contributed by atoms with Crippen LogP contribution in [0.5, 0.6) is 0 Å². The molecule has 1 heterocycles. The van der Waals surface area contributed by atoms with E-state index in [0.29, 0.717) is 4.75 Å². The molecule has 0 amide bonds. The van der Waals surface area contributed by atoms with Crippen LogP contribution in [0.2, 0.25) is 0 Å². The maximum Gasteiger partial charge on any atom is 0.160 e. The summed E-state index contributed by atoms with van der Waals surface area (Å²) >= 11 is 1.79. The van der Waals surface area contributed by atoms with Gasteiger partial charge in [0, 0.05) is 9.62 Å². The van der Waals surface area contributed by atoms with Gasteiger partial charge in [-0.25, -0.2) is 4.98 Å². The Morgan fingerprint density at radius 2 is 1.85 bits per heavy atom. The van der Waals surface area contributed by atoms with E-state index in [1.54, 1.807) is 22.1 Å². The second kappa shape index (κ2) is 4.24. The third kappa shape index (κ3) is 3.92. The normalized spacial score (nSPS) is 12.1. The van der Waals surface area contributed by atoms with Gasteiger partial charge in [0.25, 0.3) is 0 Å². The van der Waals surface area contributed by atoms with Crippen LogP contribution in [0.25, 0.3) is 0 Å². The minimum absolute atomic E-state index is 0.304. The van der Waals surface area contributed by atoms with Crippen LogP contribution in [0.3, 0.4) is 0 Å². The lowest BCUT2D eigenvalue weighted by molar-refractivity contribution is 0.810. The lowest BCUT2D eigenvalue weighted by atomic mass is 10.3. The molecule has 0 bridgehead atoms. The van der Waals surface area contributed by atoms with Gasteiger partial charge in [-0.1, -0.05) is 31.6 Å². The van der Waals surface area contributed by atoms with E-state index in [0.717, 1.165) is 0 Å². The zero-order valence-electron chi connectivity index (χ0n) is 8.67. The van der Waals surface area contributed by atoms with E-state index in [4.69, 9.17) is 0 Å². The largest absolute Gasteiger partial charge is 0.234 e. The van der Waals surface area contributed by atoms with Crippen molar-refractivity contribution in [1.29, 1.82) is 0 Å². The van der Waals surface area contributed by atoms with Gasteiger partial charge in [-0.2, -0.15) is 0 Å². The maximum atomic E-state index is 4.47. The summed E-state index contributed by atoms with van der Waals surface area (Å²) in [6.45, 7) is 10.9. The summed E-state index contributed by atoms with van der Waals surface area (Å²) in [4.78, 5) is 5.80. The van der Waals surface area contributed by atoms with Crippen molar-refractivity contribution in [2.24, 2.45) is 0 Å². The van der Waals surface area contributed by atoms with Gasteiger partial charge < -0.3 is 0 Å². The fraction of sp³-hybridized carbons (Fsp3) is 0.667. The van der Waals surface area contributed by atoms with E-state index in [1.165, 1.54) is 14.9 Å². The highest BCUT2D eigenvalue weighted by Gasteiger charge is 2.13. The van der Waals surface area contributed by atoms with Crippen LogP contribution in [0.4, 0.5) is 0 Å². The van der Waals surface area contributed by atoms with Gasteiger partial charge in [0.05, 0.1) is 5.69 Å². The van der Waals surface area contributed by atoms with Crippen LogP contribution >= 0.6 is 32.9 Å². The van der Waals surface area contributed by atoms with Gasteiger partial charge in [0.15, 0.2) is 4.34 Å². The van der Waals surface area contributed by atoms with E-state index in [2.05, 4.69) is 39.6 Å². The molecule has 0 unspecified atom stereocenters. The van der Waals surface area contributed by atoms with Crippen molar-refractivity contribution in [3.63, 3.8) is 0 Å². The highest BCUT2D eigenvalue weighted by Crippen LogP contribution is 2.42. The number of thiazole rings is 1. The molecule has 0 aliphatic heterocycles. The number of aryl methyl sites for hydroxylation is 2. The Kier molecular flexibility index (Phi) is 3.72. The predicted molar refractivity (Wildman–Crippen MR) is 64.8 cm³/mol. The van der Waals surface area contributed by atoms with E-state index in [9.17, 15) is 0 Å². The lowest BCUT2D eigenvalue weighted by Gasteiger charge is -2.14. The molecule has 0 atom stereocenters. The Morgan fingerprint density at radius 3 is 2.23 bits per heavy atom. The zero-order chi connectivity index (χ0) is 10.1. The molecule has 4 heteroatoms. The summed E-state index contributed by atoms with van der Waals surface area (Å²) < 4.78 is 1.48. The molecule has 0 saturated heterocycles. The van der Waals surface area contributed by atoms with Crippen molar-refractivity contribution < 1.29 is 0 Å². The molecule has 1 aromatic heterocycles. The van der Waals surface area contributed by atoms with E-state index in [-0.39, 0.29) is 0 Å². The SMILES string of the molecule is Cc1nc(SSC(C)(C)C)sc1C. The average Bonchev–Trinajstić information content (AvgIpc) is 2.27. The lowest BCUT2D eigenvalue weighted by Crippen LogP contribution is -2.04. The zero-order valence-corrected chi connectivity index (χ0v) is 11.1. The maximum absolute atomic E-state index is 4.47. The standard InChI is InChI=1S/C9H15NS3/c1-6-7(2)11-8(10-6)12-13-9(3,4)5/h1-5H3. The van der Waals surface area contributed by atoms with Crippen LogP contribution < -0.4 is 0 Å². The molecule has 0 aliphatic rings. The van der Waals surface area contributed by atoms with Gasteiger partial charge in [-0.05, 0) is 24.6 Å². The Hall–Kier alpha value is 0.330. The number of rotatable bonds is 2. The Bertz CT molecular complexity index is 266. The van der Waals surface area contributed by atoms with Gasteiger partial charge in [-0.15, -0.1) is 11.3 Å². The Labute approximate surface area is 92.1 Å². The number of hydrogen-bond acceptors (Lipinski definition) is 4. The van der Waals surface area contributed by atoms with Gasteiger partial charge in [0.2, 0.25) is 0 Å². The number of nitrogens with zero attached hydrogens (tertiary/aromatic N) is 1. The molecule has 13 heavy (non-hydrogen) atoms. The minimum atomic E-state index is 0.304. The Morgan fingerprint density at radius 1 is 1.23 bits per heavy atom. The molecular weight excluding hydrogens is 218 g/mol. The van der Waals surface area contributed by atoms with Crippen molar-refractivity contribution in [1.82, 2.24) is 4.98 Å². The molecule has 0 spiro atoms. The molecule has 0 aromatic carbocycles. The molecule has 1 nitrogen and oxygen atoms in total. The van der Waals surface area contributed by atoms with Crippen molar-refractivity contribution in [3.05, 3.63) is 10.6 Å². The first-order chi connectivity index (χ1) is 5.88. The van der Waals surface area contributed by atoms with Gasteiger partial charge in [-0.3, -0.25) is 0 Å². The fourth-order valence-electron chi connectivity index (χ4n) is 0.640. The smallest absolute Gasteiger partial charge is 0.160 e. The summed E-state index contributed by atoms with van der Waals surface area (Å²) in [6.07, 6.45) is 0. The number of hydrogen-bond donors (Lipinski definition) is 0. The molecule has 1 rings (SSSR count). The van der Waals surface area contributed by atoms with Crippen LogP contribution in [-0.4, -0.2) is 9.73 Å². The highest BCUT2D eigenvalue weighted by molar-refractivity contribution is 8.77. The van der Waals surface area contributed by atoms with Crippen molar-refractivity contribution in [2.75, 3.05) is 0 Å². The summed E-state index contributed by atoms with van der Waals surface area (Å²) in [5.74, 6) is 0. The molecule has 0 fully saturated rings. The van der Waals surface area contributed by atoms with Gasteiger partial charge in [0.1, 0.15) is 0 Å². The average molecular weight is 233 g/mol. The fourth-order valence-corrected chi connectivity index (χ4v) is 3.97. The first-order valence-electron chi connectivity index (χ1n) is 4.18. The first kappa shape index (κ1) is 11.4. The summed E-state index contributed by atoms with van der Waals surface area (Å²) in [6, 6.07) is 0. The summed E-state index contributed by atoms with van der Waals surface area (Å²) in [7, 11) is 3.66. The molecular formula is C9H15NS3. The second-order valence-corrected chi connectivity index (χ2v) is 8.31. The summed E-state index contributed by atoms with van der Waals surface area (Å²) in [5, 5.41) is 0. The van der Waals surface area contributed by atoms with E-state index < -0.39 is 0 Å². The van der Waals surface area contributed by atoms with E-state index in [1.807, 2.05) is 10.8 Å². The molecule has 0 radical (unpaired) electrons. The van der Waals surface area contributed by atoms with Crippen LogP contribution in [-0.2, 0) is 0 Å². The number of aromatic nitrogens is 1. The van der Waals surface area contributed by atoms with Gasteiger partial charge >= 0.3 is 0 Å². The Balaban J connectivity index is 2.56. The molecule has 74 valence electrons. The molecule has 0 aliphatic carbocycles. The third-order valence-corrected chi connectivity index (χ3v) is 6.10. The van der Waals surface area contributed by atoms with Crippen molar-refractivity contribution in [3.8, 4) is 0 Å². The molecule has 0 saturated carbocycles. The monoisotopic (exact) mass is 233 g/mol. The summed E-state index contributed by atoms with van der Waals surface area (Å²) in [5.41, 5.74) is 1.17.